The lowest BCUT2D eigenvalue weighted by Gasteiger charge is -2.31. The highest BCUT2D eigenvalue weighted by molar-refractivity contribution is 5.85. The molecule has 2 aromatic carbocycles. The van der Waals surface area contributed by atoms with E-state index >= 15 is 0 Å². The van der Waals surface area contributed by atoms with Crippen LogP contribution in [0.5, 0.6) is 5.75 Å². The molecule has 162 valence electrons. The highest BCUT2D eigenvalue weighted by atomic mass is 35.5. The number of benzene rings is 2. The molecule has 1 aliphatic rings. The molecule has 1 aliphatic heterocycles. The summed E-state index contributed by atoms with van der Waals surface area (Å²) in [6.45, 7) is 1.99. The number of nitrogens with one attached hydrogen (secondary N) is 1. The lowest BCUT2D eigenvalue weighted by molar-refractivity contribution is -0.136. The van der Waals surface area contributed by atoms with E-state index in [0.717, 1.165) is 11.3 Å². The van der Waals surface area contributed by atoms with Gasteiger partial charge in [-0.2, -0.15) is 0 Å². The highest BCUT2D eigenvalue weighted by Crippen LogP contribution is 2.19. The number of likely N-dealkylation sites (tertiary alicyclic amines) is 1. The van der Waals surface area contributed by atoms with Gasteiger partial charge in [0.05, 0.1) is 13.0 Å². The Bertz CT molecular complexity index is 781. The lowest BCUT2D eigenvalue weighted by Crippen LogP contribution is -2.44. The topological polar surface area (TPSA) is 84.7 Å². The van der Waals surface area contributed by atoms with Gasteiger partial charge in [-0.1, -0.05) is 48.5 Å². The van der Waals surface area contributed by atoms with Crippen LogP contribution in [0.1, 0.15) is 30.9 Å². The quantitative estimate of drug-likeness (QED) is 0.673. The molecule has 1 fully saturated rings. The van der Waals surface area contributed by atoms with Gasteiger partial charge in [-0.25, -0.2) is 0 Å². The van der Waals surface area contributed by atoms with Crippen LogP contribution in [0.15, 0.2) is 60.7 Å². The zero-order valence-corrected chi connectivity index (χ0v) is 17.9. The molecule has 1 heterocycles. The standard InChI is InChI=1S/C23H29N3O3.ClH/c24-21(18-7-3-1-4-8-18)17-25-23(28)19-11-14-26(15-12-19)22(27)13-16-29-20-9-5-2-6-10-20;/h1-10,19,21H,11-17,24H2,(H,25,28);1H. The van der Waals surface area contributed by atoms with E-state index in [0.29, 0.717) is 45.5 Å². The molecule has 0 saturated carbocycles. The Hall–Kier alpha value is -2.57. The van der Waals surface area contributed by atoms with Crippen LogP contribution in [-0.4, -0.2) is 43.0 Å². The summed E-state index contributed by atoms with van der Waals surface area (Å²) in [5.41, 5.74) is 7.15. The van der Waals surface area contributed by atoms with Gasteiger partial charge < -0.3 is 20.7 Å². The average molecular weight is 432 g/mol. The van der Waals surface area contributed by atoms with Crippen LogP contribution in [0.25, 0.3) is 0 Å². The number of para-hydroxylation sites is 1. The number of nitrogens with two attached hydrogens (primary N) is 1. The number of ether oxygens (including phenoxy) is 1. The van der Waals surface area contributed by atoms with E-state index in [9.17, 15) is 9.59 Å². The minimum atomic E-state index is -0.216. The van der Waals surface area contributed by atoms with Gasteiger partial charge in [0, 0.05) is 31.6 Å². The molecule has 1 saturated heterocycles. The van der Waals surface area contributed by atoms with Crippen LogP contribution < -0.4 is 15.8 Å². The molecule has 7 heteroatoms. The van der Waals surface area contributed by atoms with Crippen LogP contribution >= 0.6 is 12.4 Å². The molecule has 2 aromatic rings. The molecule has 6 nitrogen and oxygen atoms in total. The smallest absolute Gasteiger partial charge is 0.225 e. The van der Waals surface area contributed by atoms with Crippen LogP contribution in [0.2, 0.25) is 0 Å². The Kier molecular flexibility index (Phi) is 9.64. The lowest BCUT2D eigenvalue weighted by atomic mass is 9.95. The second-order valence-electron chi connectivity index (χ2n) is 7.33. The maximum atomic E-state index is 12.4. The third-order valence-electron chi connectivity index (χ3n) is 5.27. The van der Waals surface area contributed by atoms with E-state index in [1.807, 2.05) is 65.6 Å². The number of halogens is 1. The molecule has 0 radical (unpaired) electrons. The van der Waals surface area contributed by atoms with Gasteiger partial charge >= 0.3 is 0 Å². The number of nitrogens with zero attached hydrogens (tertiary/aromatic N) is 1. The van der Waals surface area contributed by atoms with Gasteiger partial charge in [0.25, 0.3) is 0 Å². The molecule has 0 aromatic heterocycles. The number of piperidine rings is 1. The van der Waals surface area contributed by atoms with Crippen molar-refractivity contribution < 1.29 is 14.3 Å². The van der Waals surface area contributed by atoms with Crippen molar-refractivity contribution in [3.63, 3.8) is 0 Å². The number of carbonyl (C=O) groups excluding carboxylic acids is 2. The molecule has 1 atom stereocenters. The van der Waals surface area contributed by atoms with E-state index in [-0.39, 0.29) is 36.2 Å². The molecule has 1 unspecified atom stereocenters. The summed E-state index contributed by atoms with van der Waals surface area (Å²) in [5.74, 6) is 0.800. The molecule has 0 bridgehead atoms. The molecular formula is C23H30ClN3O3. The van der Waals surface area contributed by atoms with E-state index in [1.165, 1.54) is 0 Å². The Morgan fingerprint density at radius 3 is 2.27 bits per heavy atom. The highest BCUT2D eigenvalue weighted by Gasteiger charge is 2.27. The van der Waals surface area contributed by atoms with Crippen LogP contribution in [0.4, 0.5) is 0 Å². The fourth-order valence-electron chi connectivity index (χ4n) is 3.50. The van der Waals surface area contributed by atoms with Crippen LogP contribution in [-0.2, 0) is 9.59 Å². The molecular weight excluding hydrogens is 402 g/mol. The first kappa shape index (κ1) is 23.7. The minimum absolute atomic E-state index is 0. The molecule has 0 aliphatic carbocycles. The molecule has 0 spiro atoms. The molecule has 2 amide bonds. The number of amides is 2. The number of hydrogen-bond donors (Lipinski definition) is 2. The molecule has 30 heavy (non-hydrogen) atoms. The predicted octanol–water partition coefficient (Wildman–Crippen LogP) is 2.93. The summed E-state index contributed by atoms with van der Waals surface area (Å²) >= 11 is 0. The van der Waals surface area contributed by atoms with E-state index in [1.54, 1.807) is 0 Å². The maximum Gasteiger partial charge on any atom is 0.225 e. The number of rotatable bonds is 8. The van der Waals surface area contributed by atoms with Crippen molar-refractivity contribution in [2.75, 3.05) is 26.2 Å². The summed E-state index contributed by atoms with van der Waals surface area (Å²) < 4.78 is 5.59. The summed E-state index contributed by atoms with van der Waals surface area (Å²) in [6, 6.07) is 19.0. The van der Waals surface area contributed by atoms with E-state index < -0.39 is 0 Å². The fourth-order valence-corrected chi connectivity index (χ4v) is 3.50. The van der Waals surface area contributed by atoms with E-state index in [2.05, 4.69) is 5.32 Å². The zero-order chi connectivity index (χ0) is 20.5. The van der Waals surface area contributed by atoms with Gasteiger partial charge in [0.15, 0.2) is 0 Å². The predicted molar refractivity (Wildman–Crippen MR) is 119 cm³/mol. The second-order valence-corrected chi connectivity index (χ2v) is 7.33. The summed E-state index contributed by atoms with van der Waals surface area (Å²) in [4.78, 5) is 26.6. The SMILES string of the molecule is Cl.NC(CNC(=O)C1CCN(C(=O)CCOc2ccccc2)CC1)c1ccccc1. The van der Waals surface area contributed by atoms with Crippen molar-refractivity contribution in [1.82, 2.24) is 10.2 Å². The van der Waals surface area contributed by atoms with Crippen molar-refractivity contribution in [3.8, 4) is 5.75 Å². The maximum absolute atomic E-state index is 12.4. The van der Waals surface area contributed by atoms with Crippen LogP contribution in [0, 0.1) is 5.92 Å². The molecule has 3 N–H and O–H groups in total. The summed E-state index contributed by atoms with van der Waals surface area (Å²) in [7, 11) is 0. The van der Waals surface area contributed by atoms with Crippen LogP contribution in [0.3, 0.4) is 0 Å². The monoisotopic (exact) mass is 431 g/mol. The summed E-state index contributed by atoms with van der Waals surface area (Å²) in [6.07, 6.45) is 1.70. The normalized spacial score (nSPS) is 15.0. The third-order valence-corrected chi connectivity index (χ3v) is 5.27. The van der Waals surface area contributed by atoms with Crippen molar-refractivity contribution >= 4 is 24.2 Å². The minimum Gasteiger partial charge on any atom is -0.493 e. The zero-order valence-electron chi connectivity index (χ0n) is 17.0. The Balaban J connectivity index is 0.00000320. The average Bonchev–Trinajstić information content (AvgIpc) is 2.78. The first-order valence-electron chi connectivity index (χ1n) is 10.2. The number of carbonyl (C=O) groups is 2. The van der Waals surface area contributed by atoms with Crippen molar-refractivity contribution in [3.05, 3.63) is 66.2 Å². The van der Waals surface area contributed by atoms with Gasteiger partial charge in [0.1, 0.15) is 5.75 Å². The fraction of sp³-hybridized carbons (Fsp3) is 0.391. The third kappa shape index (κ3) is 7.04. The van der Waals surface area contributed by atoms with Gasteiger partial charge in [0.2, 0.25) is 11.8 Å². The van der Waals surface area contributed by atoms with Crippen molar-refractivity contribution in [1.29, 1.82) is 0 Å². The van der Waals surface area contributed by atoms with Crippen molar-refractivity contribution in [2.45, 2.75) is 25.3 Å². The Labute approximate surface area is 184 Å². The first-order valence-corrected chi connectivity index (χ1v) is 10.2. The second kappa shape index (κ2) is 12.2. The van der Waals surface area contributed by atoms with Gasteiger partial charge in [-0.05, 0) is 30.5 Å². The Morgan fingerprint density at radius 2 is 1.63 bits per heavy atom. The van der Waals surface area contributed by atoms with Gasteiger partial charge in [-0.15, -0.1) is 12.4 Å². The summed E-state index contributed by atoms with van der Waals surface area (Å²) in [5, 5.41) is 2.96. The Morgan fingerprint density at radius 1 is 1.03 bits per heavy atom. The van der Waals surface area contributed by atoms with E-state index in [4.69, 9.17) is 10.5 Å². The van der Waals surface area contributed by atoms with Gasteiger partial charge in [-0.3, -0.25) is 9.59 Å². The first-order chi connectivity index (χ1) is 14.1. The molecule has 3 rings (SSSR count). The number of hydrogen-bond acceptors (Lipinski definition) is 4. The van der Waals surface area contributed by atoms with Crippen molar-refractivity contribution in [2.24, 2.45) is 11.7 Å². The largest absolute Gasteiger partial charge is 0.493 e.